The molecule has 0 unspecified atom stereocenters. The van der Waals surface area contributed by atoms with Crippen molar-refractivity contribution in [3.05, 3.63) is 53.9 Å². The van der Waals surface area contributed by atoms with Crippen LogP contribution in [0.1, 0.15) is 24.2 Å². The van der Waals surface area contributed by atoms with Crippen LogP contribution in [0.4, 0.5) is 4.39 Å². The van der Waals surface area contributed by atoms with Crippen LogP contribution in [0.2, 0.25) is 0 Å². The summed E-state index contributed by atoms with van der Waals surface area (Å²) in [6.07, 6.45) is 6.59. The third kappa shape index (κ3) is 5.68. The Hall–Kier alpha value is -2.37. The molecule has 2 N–H and O–H groups in total. The largest absolute Gasteiger partial charge is 0.356 e. The minimum Gasteiger partial charge on any atom is -0.356 e. The first kappa shape index (κ1) is 18.0. The fourth-order valence-electron chi connectivity index (χ4n) is 2.49. The second kappa shape index (κ2) is 9.70. The van der Waals surface area contributed by atoms with Crippen molar-refractivity contribution in [2.45, 2.75) is 32.7 Å². The molecule has 6 heteroatoms. The molecule has 0 aliphatic carbocycles. The van der Waals surface area contributed by atoms with E-state index in [9.17, 15) is 4.39 Å². The standard InChI is InChI=1S/C18H26FN5/c1-15-21-12-14-24(15)13-6-5-10-22-18(20-2)23-11-9-16-7-3-4-8-17(16)19/h3-4,7-8,12,14H,5-6,9-11,13H2,1-2H3,(H2,20,22,23). The molecule has 0 radical (unpaired) electrons. The lowest BCUT2D eigenvalue weighted by atomic mass is 10.1. The van der Waals surface area contributed by atoms with E-state index in [1.807, 2.05) is 31.5 Å². The van der Waals surface area contributed by atoms with E-state index in [1.165, 1.54) is 6.07 Å². The number of aliphatic imine (C=N–C) groups is 1. The number of halogens is 1. The van der Waals surface area contributed by atoms with E-state index in [0.29, 0.717) is 13.0 Å². The lowest BCUT2D eigenvalue weighted by Gasteiger charge is -2.12. The van der Waals surface area contributed by atoms with Crippen molar-refractivity contribution in [1.29, 1.82) is 0 Å². The molecule has 2 rings (SSSR count). The zero-order valence-corrected chi connectivity index (χ0v) is 14.4. The molecule has 0 amide bonds. The van der Waals surface area contributed by atoms with Crippen molar-refractivity contribution in [3.8, 4) is 0 Å². The minimum atomic E-state index is -0.156. The molecule has 0 aliphatic heterocycles. The van der Waals surface area contributed by atoms with E-state index in [-0.39, 0.29) is 5.82 Å². The summed E-state index contributed by atoms with van der Waals surface area (Å²) in [5, 5.41) is 6.50. The summed E-state index contributed by atoms with van der Waals surface area (Å²) in [6.45, 7) is 4.49. The van der Waals surface area contributed by atoms with Gasteiger partial charge in [-0.3, -0.25) is 4.99 Å². The van der Waals surface area contributed by atoms with Crippen molar-refractivity contribution in [1.82, 2.24) is 20.2 Å². The highest BCUT2D eigenvalue weighted by Crippen LogP contribution is 2.06. The van der Waals surface area contributed by atoms with Gasteiger partial charge in [-0.05, 0) is 37.8 Å². The molecule has 0 bridgehead atoms. The van der Waals surface area contributed by atoms with Crippen LogP contribution in [0.3, 0.4) is 0 Å². The third-order valence-corrected chi connectivity index (χ3v) is 3.91. The Morgan fingerprint density at radius 2 is 2.00 bits per heavy atom. The molecular weight excluding hydrogens is 305 g/mol. The molecule has 0 saturated carbocycles. The van der Waals surface area contributed by atoms with Gasteiger partial charge in [-0.25, -0.2) is 9.37 Å². The van der Waals surface area contributed by atoms with Gasteiger partial charge in [-0.15, -0.1) is 0 Å². The molecule has 0 spiro atoms. The van der Waals surface area contributed by atoms with E-state index >= 15 is 0 Å². The molecule has 0 aliphatic rings. The number of nitrogens with one attached hydrogen (secondary N) is 2. The number of hydrogen-bond donors (Lipinski definition) is 2. The highest BCUT2D eigenvalue weighted by Gasteiger charge is 2.02. The quantitative estimate of drug-likeness (QED) is 0.444. The number of imidazole rings is 1. The van der Waals surface area contributed by atoms with Crippen LogP contribution >= 0.6 is 0 Å². The normalized spacial score (nSPS) is 11.5. The average molecular weight is 331 g/mol. The number of aromatic nitrogens is 2. The van der Waals surface area contributed by atoms with Crippen LogP contribution in [-0.4, -0.2) is 35.6 Å². The van der Waals surface area contributed by atoms with E-state index < -0.39 is 0 Å². The van der Waals surface area contributed by atoms with Gasteiger partial charge in [-0.1, -0.05) is 18.2 Å². The number of unbranched alkanes of at least 4 members (excludes halogenated alkanes) is 1. The molecule has 0 fully saturated rings. The molecule has 24 heavy (non-hydrogen) atoms. The monoisotopic (exact) mass is 331 g/mol. The highest BCUT2D eigenvalue weighted by atomic mass is 19.1. The summed E-state index contributed by atoms with van der Waals surface area (Å²) in [6, 6.07) is 6.86. The summed E-state index contributed by atoms with van der Waals surface area (Å²) >= 11 is 0. The van der Waals surface area contributed by atoms with Gasteiger partial charge in [0.25, 0.3) is 0 Å². The predicted octanol–water partition coefficient (Wildman–Crippen LogP) is 2.52. The summed E-state index contributed by atoms with van der Waals surface area (Å²) in [5.74, 6) is 1.65. The van der Waals surface area contributed by atoms with Crippen LogP contribution in [-0.2, 0) is 13.0 Å². The Balaban J connectivity index is 1.60. The number of aryl methyl sites for hydroxylation is 2. The molecule has 130 valence electrons. The Morgan fingerprint density at radius 1 is 1.21 bits per heavy atom. The Labute approximate surface area is 143 Å². The molecule has 1 aromatic carbocycles. The van der Waals surface area contributed by atoms with Gasteiger partial charge in [0.05, 0.1) is 0 Å². The molecule has 1 heterocycles. The highest BCUT2D eigenvalue weighted by molar-refractivity contribution is 5.79. The van der Waals surface area contributed by atoms with Crippen molar-refractivity contribution in [2.24, 2.45) is 4.99 Å². The van der Waals surface area contributed by atoms with Gasteiger partial charge in [0.2, 0.25) is 0 Å². The maximum atomic E-state index is 13.5. The number of hydrogen-bond acceptors (Lipinski definition) is 2. The summed E-state index contributed by atoms with van der Waals surface area (Å²) < 4.78 is 15.7. The Kier molecular flexibility index (Phi) is 7.26. The number of nitrogens with zero attached hydrogens (tertiary/aromatic N) is 3. The second-order valence-corrected chi connectivity index (χ2v) is 5.64. The van der Waals surface area contributed by atoms with Crippen LogP contribution in [0, 0.1) is 12.7 Å². The number of rotatable bonds is 8. The topological polar surface area (TPSA) is 54.2 Å². The molecular formula is C18H26FN5. The zero-order valence-electron chi connectivity index (χ0n) is 14.4. The van der Waals surface area contributed by atoms with Gasteiger partial charge in [0.1, 0.15) is 11.6 Å². The van der Waals surface area contributed by atoms with Gasteiger partial charge in [0.15, 0.2) is 5.96 Å². The van der Waals surface area contributed by atoms with Gasteiger partial charge in [-0.2, -0.15) is 0 Å². The van der Waals surface area contributed by atoms with E-state index in [4.69, 9.17) is 0 Å². The van der Waals surface area contributed by atoms with E-state index in [2.05, 4.69) is 25.2 Å². The van der Waals surface area contributed by atoms with Gasteiger partial charge >= 0.3 is 0 Å². The zero-order chi connectivity index (χ0) is 17.2. The van der Waals surface area contributed by atoms with Crippen LogP contribution in [0.25, 0.3) is 0 Å². The van der Waals surface area contributed by atoms with E-state index in [1.54, 1.807) is 13.1 Å². The van der Waals surface area contributed by atoms with E-state index in [0.717, 1.165) is 43.3 Å². The molecule has 0 saturated heterocycles. The van der Waals surface area contributed by atoms with Gasteiger partial charge in [0, 0.05) is 39.1 Å². The SMILES string of the molecule is CN=C(NCCCCn1ccnc1C)NCCc1ccccc1F. The third-order valence-electron chi connectivity index (χ3n) is 3.91. The molecule has 2 aromatic rings. The first-order valence-corrected chi connectivity index (χ1v) is 8.36. The molecule has 5 nitrogen and oxygen atoms in total. The van der Waals surface area contributed by atoms with Gasteiger partial charge < -0.3 is 15.2 Å². The van der Waals surface area contributed by atoms with Crippen LogP contribution in [0.5, 0.6) is 0 Å². The smallest absolute Gasteiger partial charge is 0.190 e. The van der Waals surface area contributed by atoms with Crippen molar-refractivity contribution >= 4 is 5.96 Å². The average Bonchev–Trinajstić information content (AvgIpc) is 2.99. The van der Waals surface area contributed by atoms with Crippen molar-refractivity contribution < 1.29 is 4.39 Å². The minimum absolute atomic E-state index is 0.156. The fraction of sp³-hybridized carbons (Fsp3) is 0.444. The fourth-order valence-corrected chi connectivity index (χ4v) is 2.49. The Bertz CT molecular complexity index is 650. The Morgan fingerprint density at radius 3 is 2.71 bits per heavy atom. The maximum Gasteiger partial charge on any atom is 0.190 e. The maximum absolute atomic E-state index is 13.5. The van der Waals surface area contributed by atoms with Crippen LogP contribution < -0.4 is 10.6 Å². The molecule has 1 aromatic heterocycles. The predicted molar refractivity (Wildman–Crippen MR) is 95.7 cm³/mol. The summed E-state index contributed by atoms with van der Waals surface area (Å²) in [4.78, 5) is 8.40. The molecule has 0 atom stereocenters. The number of benzene rings is 1. The summed E-state index contributed by atoms with van der Waals surface area (Å²) in [7, 11) is 1.74. The van der Waals surface area contributed by atoms with Crippen LogP contribution in [0.15, 0.2) is 41.7 Å². The first-order chi connectivity index (χ1) is 11.7. The lowest BCUT2D eigenvalue weighted by molar-refractivity contribution is 0.587. The number of guanidine groups is 1. The van der Waals surface area contributed by atoms with Crippen molar-refractivity contribution in [3.63, 3.8) is 0 Å². The summed E-state index contributed by atoms with van der Waals surface area (Å²) in [5.41, 5.74) is 0.719. The van der Waals surface area contributed by atoms with Crippen molar-refractivity contribution in [2.75, 3.05) is 20.1 Å². The first-order valence-electron chi connectivity index (χ1n) is 8.36. The second-order valence-electron chi connectivity index (χ2n) is 5.64. The lowest BCUT2D eigenvalue weighted by Crippen LogP contribution is -2.38.